The number of halogens is 1. The fraction of sp³-hybridized carbons (Fsp3) is 0.526. The summed E-state index contributed by atoms with van der Waals surface area (Å²) in [6, 6.07) is 15.1. The minimum absolute atomic E-state index is 0.0264. The van der Waals surface area contributed by atoms with Gasteiger partial charge in [0.05, 0.1) is 24.9 Å². The molecule has 0 aliphatic carbocycles. The number of rotatable bonds is 20. The minimum Gasteiger partial charge on any atom is -0.460 e. The van der Waals surface area contributed by atoms with Gasteiger partial charge in [-0.1, -0.05) is 76.2 Å². The Morgan fingerprint density at radius 3 is 2.40 bits per heavy atom. The molecule has 0 bridgehead atoms. The van der Waals surface area contributed by atoms with Gasteiger partial charge in [-0.2, -0.15) is 19.4 Å². The zero-order valence-electron chi connectivity index (χ0n) is 33.3. The van der Waals surface area contributed by atoms with E-state index in [4.69, 9.17) is 45.2 Å². The highest BCUT2D eigenvalue weighted by Crippen LogP contribution is 2.61. The molecule has 318 valence electrons. The van der Waals surface area contributed by atoms with E-state index in [2.05, 4.69) is 33.8 Å². The monoisotopic (exact) mass is 865 g/mol. The van der Waals surface area contributed by atoms with Crippen molar-refractivity contribution in [3.63, 3.8) is 0 Å². The van der Waals surface area contributed by atoms with E-state index in [1.807, 2.05) is 24.5 Å². The first-order valence-corrected chi connectivity index (χ1v) is 22.8. The number of nitrogens with zero attached hydrogens (tertiary/aromatic N) is 5. The van der Waals surface area contributed by atoms with Gasteiger partial charge in [-0.05, 0) is 74.5 Å². The van der Waals surface area contributed by atoms with Crippen molar-refractivity contribution in [2.24, 2.45) is 5.92 Å². The van der Waals surface area contributed by atoms with Crippen LogP contribution in [0.3, 0.4) is 0 Å². The summed E-state index contributed by atoms with van der Waals surface area (Å²) in [5.74, 6) is -0.0384. The third-order valence-corrected chi connectivity index (χ3v) is 13.1. The van der Waals surface area contributed by atoms with Crippen molar-refractivity contribution >= 4 is 50.1 Å². The van der Waals surface area contributed by atoms with Crippen molar-refractivity contribution in [1.29, 1.82) is 0 Å². The number of anilines is 1. The predicted octanol–water partition coefficient (Wildman–Crippen LogP) is 6.48. The molecule has 1 fully saturated rings. The maximum absolute atomic E-state index is 14.4. The number of aromatic nitrogens is 4. The summed E-state index contributed by atoms with van der Waals surface area (Å²) in [4.78, 5) is 40.0. The molecule has 0 amide bonds. The highest BCUT2D eigenvalue weighted by molar-refractivity contribution is 7.63. The topological polar surface area (TPSA) is 223 Å². The molecule has 1 aliphatic heterocycles. The fourth-order valence-electron chi connectivity index (χ4n) is 6.75. The Labute approximate surface area is 343 Å². The molecule has 3 unspecified atom stereocenters. The second-order valence-corrected chi connectivity index (χ2v) is 18.1. The molecule has 1 saturated heterocycles. The van der Waals surface area contributed by atoms with Crippen LogP contribution in [0.2, 0.25) is 5.28 Å². The first-order valence-electron chi connectivity index (χ1n) is 19.4. The normalized spacial score (nSPS) is 21.3. The standard InChI is InChI=1S/C38H54ClN7O10P2/c1-6-45(7-2)21-20-33-41-34-35(40)42-38(39)43-36(34)46(33)30-18-19-31(47)32(54-26(30)5)24-53-58(50,51)56-57(49,55-28-16-12-9-13-17-28)44-29(22-25(3)4)37(48)52-23-27-14-10-8-11-15-27/h8-17,25-26,29-32,47H,6-7,18-24H2,1-5H3,(H,44,49)(H,50,51)(H2,40,42,43)/t26?,29-,30-,31+,32+,57?/m0/s1. The number of phosphoric acid groups is 1. The van der Waals surface area contributed by atoms with Crippen molar-refractivity contribution in [1.82, 2.24) is 29.5 Å². The summed E-state index contributed by atoms with van der Waals surface area (Å²) >= 11 is 6.25. The average Bonchev–Trinajstić information content (AvgIpc) is 3.46. The number of phosphoric ester groups is 1. The number of likely N-dealkylation sites (N-methyl/N-ethyl adjacent to an activating group) is 1. The molecule has 58 heavy (non-hydrogen) atoms. The molecule has 5 rings (SSSR count). The number of hydrogen-bond acceptors (Lipinski definition) is 14. The Balaban J connectivity index is 1.33. The molecule has 17 nitrogen and oxygen atoms in total. The van der Waals surface area contributed by atoms with Gasteiger partial charge in [0.2, 0.25) is 5.28 Å². The molecular weight excluding hydrogens is 812 g/mol. The molecule has 7 atom stereocenters. The lowest BCUT2D eigenvalue weighted by molar-refractivity contribution is -0.147. The van der Waals surface area contributed by atoms with E-state index >= 15 is 0 Å². The lowest BCUT2D eigenvalue weighted by Gasteiger charge is -2.29. The van der Waals surface area contributed by atoms with Crippen molar-refractivity contribution < 1.29 is 46.8 Å². The van der Waals surface area contributed by atoms with Crippen LogP contribution in [0.25, 0.3) is 11.2 Å². The van der Waals surface area contributed by atoms with Crippen molar-refractivity contribution in [2.45, 2.75) is 97.3 Å². The van der Waals surface area contributed by atoms with E-state index < -0.39 is 58.5 Å². The Morgan fingerprint density at radius 2 is 1.74 bits per heavy atom. The number of hydrogen-bond donors (Lipinski definition) is 4. The first kappa shape index (κ1) is 45.6. The molecule has 2 aromatic carbocycles. The summed E-state index contributed by atoms with van der Waals surface area (Å²) < 4.78 is 58.1. The van der Waals surface area contributed by atoms with Crippen LogP contribution in [0.15, 0.2) is 60.7 Å². The van der Waals surface area contributed by atoms with Crippen LogP contribution in [-0.2, 0) is 45.3 Å². The molecule has 4 aromatic rings. The van der Waals surface area contributed by atoms with Gasteiger partial charge < -0.3 is 39.2 Å². The number of carbonyl (C=O) groups is 1. The smallest absolute Gasteiger partial charge is 0.460 e. The number of fused-ring (bicyclic) bond motifs is 1. The summed E-state index contributed by atoms with van der Waals surface area (Å²) in [6.07, 6.45) is -1.61. The van der Waals surface area contributed by atoms with Crippen LogP contribution in [-0.4, -0.2) is 91.0 Å². The van der Waals surface area contributed by atoms with Crippen LogP contribution < -0.4 is 15.3 Å². The van der Waals surface area contributed by atoms with Gasteiger partial charge in [0.15, 0.2) is 17.0 Å². The van der Waals surface area contributed by atoms with Crippen LogP contribution in [0.4, 0.5) is 5.82 Å². The van der Waals surface area contributed by atoms with Gasteiger partial charge >= 0.3 is 21.5 Å². The number of para-hydroxylation sites is 1. The van der Waals surface area contributed by atoms with Crippen molar-refractivity contribution in [3.05, 3.63) is 77.3 Å². The number of aliphatic hydroxyl groups excluding tert-OH is 1. The van der Waals surface area contributed by atoms with Crippen LogP contribution in [0, 0.1) is 5.92 Å². The zero-order valence-corrected chi connectivity index (χ0v) is 35.9. The van der Waals surface area contributed by atoms with E-state index in [0.717, 1.165) is 18.7 Å². The summed E-state index contributed by atoms with van der Waals surface area (Å²) in [5, 5.41) is 13.8. The third kappa shape index (κ3) is 12.5. The predicted molar refractivity (Wildman–Crippen MR) is 219 cm³/mol. The lowest BCUT2D eigenvalue weighted by Crippen LogP contribution is -2.38. The highest BCUT2D eigenvalue weighted by atomic mass is 35.5. The molecule has 2 aromatic heterocycles. The van der Waals surface area contributed by atoms with E-state index in [1.165, 1.54) is 12.1 Å². The number of carbonyl (C=O) groups excluding carboxylic acids is 1. The molecule has 3 heterocycles. The Hall–Kier alpha value is -3.47. The number of nitrogen functional groups attached to an aromatic ring is 1. The van der Waals surface area contributed by atoms with Crippen LogP contribution in [0.1, 0.15) is 71.3 Å². The number of nitrogens with one attached hydrogen (secondary N) is 1. The van der Waals surface area contributed by atoms with Gasteiger partial charge in [0.1, 0.15) is 30.3 Å². The van der Waals surface area contributed by atoms with Crippen molar-refractivity contribution in [2.75, 3.05) is 32.0 Å². The van der Waals surface area contributed by atoms with Crippen LogP contribution >= 0.6 is 27.2 Å². The van der Waals surface area contributed by atoms with Gasteiger partial charge in [-0.3, -0.25) is 9.32 Å². The molecule has 5 N–H and O–H groups in total. The molecule has 1 aliphatic rings. The Kier molecular flexibility index (Phi) is 16.3. The number of nitrogens with two attached hydrogens (primary N) is 1. The number of imidazole rings is 1. The van der Waals surface area contributed by atoms with E-state index in [1.54, 1.807) is 49.4 Å². The quantitative estimate of drug-likeness (QED) is 0.0424. The molecule has 0 spiro atoms. The maximum Gasteiger partial charge on any atom is 0.481 e. The lowest BCUT2D eigenvalue weighted by atomic mass is 10.0. The molecule has 0 saturated carbocycles. The van der Waals surface area contributed by atoms with Crippen LogP contribution in [0.5, 0.6) is 5.75 Å². The highest BCUT2D eigenvalue weighted by Gasteiger charge is 2.43. The van der Waals surface area contributed by atoms with E-state index in [-0.39, 0.29) is 42.2 Å². The van der Waals surface area contributed by atoms with E-state index in [9.17, 15) is 23.9 Å². The minimum atomic E-state index is -5.26. The van der Waals surface area contributed by atoms with E-state index in [0.29, 0.717) is 36.4 Å². The molecule has 20 heteroatoms. The second kappa shape index (κ2) is 20.7. The largest absolute Gasteiger partial charge is 0.481 e. The maximum atomic E-state index is 14.4. The fourth-order valence-corrected chi connectivity index (χ4v) is 9.90. The van der Waals surface area contributed by atoms with Gasteiger partial charge in [0, 0.05) is 13.0 Å². The number of benzene rings is 2. The average molecular weight is 866 g/mol. The Morgan fingerprint density at radius 1 is 1.07 bits per heavy atom. The first-order chi connectivity index (χ1) is 27.6. The number of aliphatic hydroxyl groups is 1. The van der Waals surface area contributed by atoms with Gasteiger partial charge in [0.25, 0.3) is 0 Å². The zero-order chi connectivity index (χ0) is 42.0. The number of esters is 1. The second-order valence-electron chi connectivity index (χ2n) is 14.5. The third-order valence-electron chi connectivity index (χ3n) is 9.72. The molecule has 0 radical (unpaired) electrons. The summed E-state index contributed by atoms with van der Waals surface area (Å²) in [5.41, 5.74) is 7.77. The van der Waals surface area contributed by atoms with Crippen molar-refractivity contribution in [3.8, 4) is 5.75 Å². The Bertz CT molecular complexity index is 2040. The van der Waals surface area contributed by atoms with Gasteiger partial charge in [-0.25, -0.2) is 14.1 Å². The number of ether oxygens (including phenoxy) is 2. The summed E-state index contributed by atoms with van der Waals surface area (Å²) in [6.45, 7) is 11.4. The summed E-state index contributed by atoms with van der Waals surface area (Å²) in [7, 11) is -10.1. The SMILES string of the molecule is CCN(CC)CCc1nc2c(N)nc(Cl)nc2n1[C@H]1CC[C@@H](O)[C@@H](COP(=O)(O)OP(=O)(N[C@@H](CC(C)C)C(=O)OCc2ccccc2)Oc2ccccc2)OC1C. The van der Waals surface area contributed by atoms with Gasteiger partial charge in [-0.15, -0.1) is 0 Å². The molecular formula is C38H54ClN7O10P2.